The molecule has 3 aliphatic rings. The fourth-order valence-corrected chi connectivity index (χ4v) is 5.26. The zero-order valence-corrected chi connectivity index (χ0v) is 20.1. The number of fused-ring (bicyclic) bond motifs is 2. The summed E-state index contributed by atoms with van der Waals surface area (Å²) >= 11 is 0. The standard InChI is InChI=1S/C25H35N3O3.CH2O2/c1-30-23-15-20-22(16-24(23)31-12-6-11-28-9-4-5-10-28)27-21-8-3-2-7-19(21)25(20)26-17-13-18(29)14-17;2-1-3/h15-18,29H,2-14H2,1H3,(H,26,27);1H,(H,2,3). The van der Waals surface area contributed by atoms with E-state index in [0.717, 1.165) is 61.1 Å². The van der Waals surface area contributed by atoms with E-state index in [-0.39, 0.29) is 12.6 Å². The Hall–Kier alpha value is -2.58. The monoisotopic (exact) mass is 471 g/mol. The number of pyridine rings is 1. The molecule has 1 aromatic heterocycles. The average Bonchev–Trinajstić information content (AvgIpc) is 3.34. The third kappa shape index (κ3) is 5.73. The molecule has 5 rings (SSSR count). The summed E-state index contributed by atoms with van der Waals surface area (Å²) in [5.74, 6) is 1.55. The molecule has 2 heterocycles. The lowest BCUT2D eigenvalue weighted by molar-refractivity contribution is -0.122. The maximum atomic E-state index is 9.75. The largest absolute Gasteiger partial charge is 0.493 e. The van der Waals surface area contributed by atoms with Gasteiger partial charge in [0, 0.05) is 35.4 Å². The van der Waals surface area contributed by atoms with Crippen LogP contribution in [-0.2, 0) is 17.6 Å². The number of carboxylic acid groups (broad SMARTS) is 1. The van der Waals surface area contributed by atoms with Gasteiger partial charge in [-0.25, -0.2) is 0 Å². The number of likely N-dealkylation sites (tertiary alicyclic amines) is 1. The van der Waals surface area contributed by atoms with Crippen LogP contribution in [0.1, 0.15) is 56.2 Å². The number of rotatable bonds is 8. The first-order valence-electron chi connectivity index (χ1n) is 12.5. The summed E-state index contributed by atoms with van der Waals surface area (Å²) in [4.78, 5) is 15.9. The number of benzene rings is 1. The second-order valence-electron chi connectivity index (χ2n) is 9.46. The van der Waals surface area contributed by atoms with Crippen LogP contribution in [-0.4, -0.2) is 72.1 Å². The number of aliphatic hydroxyl groups excluding tert-OH is 1. The van der Waals surface area contributed by atoms with Crippen LogP contribution in [0.25, 0.3) is 10.9 Å². The van der Waals surface area contributed by atoms with E-state index < -0.39 is 0 Å². The number of anilines is 1. The Morgan fingerprint density at radius 2 is 1.88 bits per heavy atom. The van der Waals surface area contributed by atoms with Crippen molar-refractivity contribution in [3.63, 3.8) is 0 Å². The minimum atomic E-state index is -0.250. The number of carbonyl (C=O) groups is 1. The van der Waals surface area contributed by atoms with Gasteiger partial charge in [-0.3, -0.25) is 9.78 Å². The lowest BCUT2D eigenvalue weighted by Crippen LogP contribution is -2.39. The second kappa shape index (κ2) is 11.7. The van der Waals surface area contributed by atoms with Gasteiger partial charge < -0.3 is 29.9 Å². The van der Waals surface area contributed by atoms with Crippen LogP contribution in [0.4, 0.5) is 5.69 Å². The predicted molar refractivity (Wildman–Crippen MR) is 132 cm³/mol. The third-order valence-electron chi connectivity index (χ3n) is 7.08. The van der Waals surface area contributed by atoms with Crippen molar-refractivity contribution in [2.24, 2.45) is 0 Å². The molecular weight excluding hydrogens is 434 g/mol. The summed E-state index contributed by atoms with van der Waals surface area (Å²) in [7, 11) is 1.71. The van der Waals surface area contributed by atoms with Gasteiger partial charge in [-0.05, 0) is 82.5 Å². The van der Waals surface area contributed by atoms with Gasteiger partial charge in [0.25, 0.3) is 6.47 Å². The molecule has 1 aliphatic heterocycles. The van der Waals surface area contributed by atoms with Gasteiger partial charge in [-0.15, -0.1) is 0 Å². The summed E-state index contributed by atoms with van der Waals surface area (Å²) in [5, 5.41) is 21.5. The van der Waals surface area contributed by atoms with Crippen molar-refractivity contribution >= 4 is 23.1 Å². The lowest BCUT2D eigenvalue weighted by Gasteiger charge is -2.34. The number of nitrogens with one attached hydrogen (secondary N) is 1. The first kappa shape index (κ1) is 24.5. The molecule has 186 valence electrons. The van der Waals surface area contributed by atoms with Gasteiger partial charge in [0.2, 0.25) is 0 Å². The van der Waals surface area contributed by atoms with Gasteiger partial charge in [0.1, 0.15) is 0 Å². The minimum absolute atomic E-state index is 0.170. The maximum Gasteiger partial charge on any atom is 0.290 e. The minimum Gasteiger partial charge on any atom is -0.493 e. The highest BCUT2D eigenvalue weighted by atomic mass is 16.5. The number of hydrogen-bond donors (Lipinski definition) is 3. The molecule has 1 saturated heterocycles. The quantitative estimate of drug-likeness (QED) is 0.396. The highest BCUT2D eigenvalue weighted by molar-refractivity contribution is 5.96. The van der Waals surface area contributed by atoms with Crippen molar-refractivity contribution in [3.8, 4) is 11.5 Å². The molecule has 0 radical (unpaired) electrons. The van der Waals surface area contributed by atoms with E-state index in [1.54, 1.807) is 7.11 Å². The van der Waals surface area contributed by atoms with Gasteiger partial charge in [-0.1, -0.05) is 0 Å². The van der Waals surface area contributed by atoms with Crippen LogP contribution in [0, 0.1) is 0 Å². The van der Waals surface area contributed by atoms with Gasteiger partial charge in [0.15, 0.2) is 11.5 Å². The fourth-order valence-electron chi connectivity index (χ4n) is 5.26. The molecule has 8 heteroatoms. The Kier molecular flexibility index (Phi) is 8.45. The molecule has 0 unspecified atom stereocenters. The molecular formula is C26H37N3O5. The maximum absolute atomic E-state index is 9.75. The molecule has 0 spiro atoms. The van der Waals surface area contributed by atoms with Crippen molar-refractivity contribution < 1.29 is 24.5 Å². The summed E-state index contributed by atoms with van der Waals surface area (Å²) in [6, 6.07) is 4.48. The number of aliphatic hydroxyl groups is 1. The smallest absolute Gasteiger partial charge is 0.290 e. The number of ether oxygens (including phenoxy) is 2. The number of aromatic nitrogens is 1. The molecule has 8 nitrogen and oxygen atoms in total. The first-order valence-corrected chi connectivity index (χ1v) is 12.5. The van der Waals surface area contributed by atoms with E-state index in [2.05, 4.69) is 22.3 Å². The van der Waals surface area contributed by atoms with E-state index in [9.17, 15) is 5.11 Å². The molecule has 3 N–H and O–H groups in total. The van der Waals surface area contributed by atoms with E-state index in [0.29, 0.717) is 12.6 Å². The van der Waals surface area contributed by atoms with Crippen molar-refractivity contribution in [2.75, 3.05) is 38.7 Å². The summed E-state index contributed by atoms with van der Waals surface area (Å²) < 4.78 is 11.9. The first-order chi connectivity index (χ1) is 16.6. The molecule has 1 saturated carbocycles. The number of methoxy groups -OCH3 is 1. The molecule has 2 aliphatic carbocycles. The number of aryl methyl sites for hydroxylation is 1. The molecule has 0 amide bonds. The van der Waals surface area contributed by atoms with Crippen molar-refractivity contribution in [2.45, 2.75) is 69.9 Å². The normalized spacial score (nSPS) is 21.7. The second-order valence-corrected chi connectivity index (χ2v) is 9.46. The Labute approximate surface area is 201 Å². The third-order valence-corrected chi connectivity index (χ3v) is 7.08. The number of hydrogen-bond acceptors (Lipinski definition) is 7. The summed E-state index contributed by atoms with van der Waals surface area (Å²) in [5.41, 5.74) is 4.72. The van der Waals surface area contributed by atoms with Crippen molar-refractivity contribution in [3.05, 3.63) is 23.4 Å². The van der Waals surface area contributed by atoms with Crippen LogP contribution in [0.2, 0.25) is 0 Å². The molecule has 1 aromatic carbocycles. The van der Waals surface area contributed by atoms with Crippen molar-refractivity contribution in [1.82, 2.24) is 9.88 Å². The van der Waals surface area contributed by atoms with E-state index in [1.165, 1.54) is 55.7 Å². The molecule has 2 fully saturated rings. The Morgan fingerprint density at radius 1 is 1.15 bits per heavy atom. The fraction of sp³-hybridized carbons (Fsp3) is 0.615. The van der Waals surface area contributed by atoms with Gasteiger partial charge in [0.05, 0.1) is 25.3 Å². The van der Waals surface area contributed by atoms with E-state index in [4.69, 9.17) is 24.4 Å². The van der Waals surface area contributed by atoms with Crippen LogP contribution < -0.4 is 14.8 Å². The van der Waals surface area contributed by atoms with Crippen LogP contribution in [0.5, 0.6) is 11.5 Å². The molecule has 2 aromatic rings. The Balaban J connectivity index is 0.000000868. The Morgan fingerprint density at radius 3 is 2.59 bits per heavy atom. The molecule has 0 bridgehead atoms. The van der Waals surface area contributed by atoms with Crippen LogP contribution >= 0.6 is 0 Å². The van der Waals surface area contributed by atoms with Crippen LogP contribution in [0.15, 0.2) is 12.1 Å². The predicted octanol–water partition coefficient (Wildman–Crippen LogP) is 3.62. The lowest BCUT2D eigenvalue weighted by atomic mass is 9.87. The van der Waals surface area contributed by atoms with Crippen molar-refractivity contribution in [1.29, 1.82) is 0 Å². The SMILES string of the molecule is COc1cc2c(NC3CC(O)C3)c3c(nc2cc1OCCCN1CCCC1)CCCC3.O=CO. The highest BCUT2D eigenvalue weighted by Crippen LogP contribution is 2.40. The van der Waals surface area contributed by atoms with E-state index in [1.807, 2.05) is 0 Å². The molecule has 34 heavy (non-hydrogen) atoms. The zero-order valence-electron chi connectivity index (χ0n) is 20.1. The number of nitrogens with zero attached hydrogens (tertiary/aromatic N) is 2. The topological polar surface area (TPSA) is 104 Å². The van der Waals surface area contributed by atoms with Gasteiger partial charge in [-0.2, -0.15) is 0 Å². The van der Waals surface area contributed by atoms with Gasteiger partial charge >= 0.3 is 0 Å². The highest BCUT2D eigenvalue weighted by Gasteiger charge is 2.29. The van der Waals surface area contributed by atoms with Crippen LogP contribution in [0.3, 0.4) is 0 Å². The zero-order chi connectivity index (χ0) is 23.9. The Bertz CT molecular complexity index is 971. The molecule has 0 atom stereocenters. The average molecular weight is 472 g/mol. The summed E-state index contributed by atoms with van der Waals surface area (Å²) in [6.07, 6.45) is 9.63. The van der Waals surface area contributed by atoms with E-state index >= 15 is 0 Å². The summed E-state index contributed by atoms with van der Waals surface area (Å²) in [6.45, 7) is 3.99.